The minimum Gasteiger partial charge on any atom is -0.396 e. The van der Waals surface area contributed by atoms with E-state index >= 15 is 0 Å². The van der Waals surface area contributed by atoms with Crippen LogP contribution in [0.3, 0.4) is 0 Å². The summed E-state index contributed by atoms with van der Waals surface area (Å²) in [6.45, 7) is 3.18. The minimum absolute atomic E-state index is 0.000485. The van der Waals surface area contributed by atoms with E-state index in [1.165, 1.54) is 12.8 Å². The van der Waals surface area contributed by atoms with E-state index in [-0.39, 0.29) is 23.3 Å². The second kappa shape index (κ2) is 5.78. The molecule has 8 heteroatoms. The van der Waals surface area contributed by atoms with Gasteiger partial charge in [0.15, 0.2) is 5.65 Å². The van der Waals surface area contributed by atoms with Crippen molar-refractivity contribution in [3.8, 4) is 0 Å². The van der Waals surface area contributed by atoms with Crippen LogP contribution < -0.4 is 11.0 Å². The Bertz CT molecular complexity index is 1350. The monoisotopic (exact) mass is 447 g/mol. The van der Waals surface area contributed by atoms with E-state index in [1.54, 1.807) is 10.8 Å². The Morgan fingerprint density at radius 3 is 2.97 bits per heavy atom. The summed E-state index contributed by atoms with van der Waals surface area (Å²) in [5.74, 6) is 2.68. The van der Waals surface area contributed by atoms with Crippen LogP contribution in [0, 0.1) is 34.5 Å². The molecule has 2 N–H and O–H groups in total. The second-order valence-electron chi connectivity index (χ2n) is 11.4. The standard InChI is InChI=1S/C25H29N5O3/c1-12-5-19-13(3-4-33-19)6-17(12)27-22-26-10-18-21(28-22)30(23(32)29(18)2)20-15-7-14-8-24(11-31)9-16(20)25(14,15)24/h5-6,10,13-16,19-20,31H,3-4,7-9,11H2,1-2H3,(H,26,27,28)/t13?,14?,15?,16?,19?,20?,24-,25?/m1/s1. The number of hydrogen-bond acceptors (Lipinski definition) is 6. The number of nitrogens with zero attached hydrogens (tertiary/aromatic N) is 4. The molecule has 0 bridgehead atoms. The van der Waals surface area contributed by atoms with Gasteiger partial charge in [0.1, 0.15) is 5.52 Å². The molecule has 6 aliphatic rings. The topological polar surface area (TPSA) is 94.2 Å². The molecule has 0 amide bonds. The summed E-state index contributed by atoms with van der Waals surface area (Å²) in [5, 5.41) is 13.5. The maximum absolute atomic E-state index is 13.3. The number of anilines is 1. The molecule has 2 aromatic heterocycles. The first kappa shape index (κ1) is 18.9. The van der Waals surface area contributed by atoms with Gasteiger partial charge in [0.2, 0.25) is 5.95 Å². The van der Waals surface area contributed by atoms with Gasteiger partial charge in [0.05, 0.1) is 12.3 Å². The van der Waals surface area contributed by atoms with Crippen molar-refractivity contribution in [1.82, 2.24) is 19.1 Å². The number of aromatic nitrogens is 4. The summed E-state index contributed by atoms with van der Waals surface area (Å²) in [5.41, 5.74) is 4.12. The van der Waals surface area contributed by atoms with Crippen LogP contribution in [0.15, 0.2) is 34.4 Å². The summed E-state index contributed by atoms with van der Waals surface area (Å²) in [6.07, 6.45) is 10.8. The fourth-order valence-electron chi connectivity index (χ4n) is 9.12. The maximum atomic E-state index is 13.3. The number of rotatable bonds is 4. The summed E-state index contributed by atoms with van der Waals surface area (Å²) < 4.78 is 9.44. The third-order valence-corrected chi connectivity index (χ3v) is 10.5. The molecule has 7 unspecified atom stereocenters. The van der Waals surface area contributed by atoms with Crippen LogP contribution in [0.5, 0.6) is 0 Å². The number of ether oxygens (including phenoxy) is 1. The summed E-state index contributed by atoms with van der Waals surface area (Å²) in [4.78, 5) is 22.8. The lowest BCUT2D eigenvalue weighted by atomic mass is 9.12. The van der Waals surface area contributed by atoms with E-state index in [0.717, 1.165) is 47.8 Å². The van der Waals surface area contributed by atoms with Gasteiger partial charge in [-0.05, 0) is 61.3 Å². The zero-order valence-corrected chi connectivity index (χ0v) is 19.0. The van der Waals surface area contributed by atoms with Crippen LogP contribution in [0.1, 0.15) is 38.6 Å². The number of aliphatic hydroxyl groups excluding tert-OH is 1. The molecule has 1 spiro atoms. The van der Waals surface area contributed by atoms with Crippen molar-refractivity contribution >= 4 is 17.1 Å². The Hall–Kier alpha value is -2.45. The fourth-order valence-corrected chi connectivity index (χ4v) is 9.12. The summed E-state index contributed by atoms with van der Waals surface area (Å²) in [7, 11) is 1.81. The molecule has 3 heterocycles. The molecular formula is C25H29N5O3. The Labute approximate surface area is 191 Å². The highest BCUT2D eigenvalue weighted by Gasteiger charge is 2.91. The van der Waals surface area contributed by atoms with Crippen LogP contribution in [-0.4, -0.2) is 43.5 Å². The molecule has 8 rings (SSSR count). The number of aliphatic hydroxyl groups is 1. The zero-order chi connectivity index (χ0) is 22.3. The average Bonchev–Trinajstić information content (AvgIpc) is 3.30. The number of aryl methyl sites for hydroxylation is 1. The van der Waals surface area contributed by atoms with Gasteiger partial charge in [-0.3, -0.25) is 9.13 Å². The molecule has 172 valence electrons. The normalized spacial score (nSPS) is 43.7. The van der Waals surface area contributed by atoms with Crippen LogP contribution in [0.25, 0.3) is 11.2 Å². The Balaban J connectivity index is 1.17. The average molecular weight is 448 g/mol. The lowest BCUT2D eigenvalue weighted by Gasteiger charge is -2.93. The number of imidazole rings is 1. The largest absolute Gasteiger partial charge is 0.396 e. The highest BCUT2D eigenvalue weighted by Crippen LogP contribution is 2.95. The lowest BCUT2D eigenvalue weighted by molar-refractivity contribution is -0.458. The van der Waals surface area contributed by atoms with Crippen LogP contribution in [0.2, 0.25) is 0 Å². The molecule has 33 heavy (non-hydrogen) atoms. The van der Waals surface area contributed by atoms with Gasteiger partial charge >= 0.3 is 5.69 Å². The van der Waals surface area contributed by atoms with E-state index in [2.05, 4.69) is 29.4 Å². The predicted octanol–water partition coefficient (Wildman–Crippen LogP) is 2.37. The zero-order valence-electron chi connectivity index (χ0n) is 19.0. The maximum Gasteiger partial charge on any atom is 0.330 e. The molecule has 2 aromatic rings. The van der Waals surface area contributed by atoms with Crippen molar-refractivity contribution < 1.29 is 9.84 Å². The molecule has 5 fully saturated rings. The van der Waals surface area contributed by atoms with E-state index in [1.807, 2.05) is 11.6 Å². The Morgan fingerprint density at radius 2 is 2.18 bits per heavy atom. The van der Waals surface area contributed by atoms with Crippen molar-refractivity contribution in [1.29, 1.82) is 0 Å². The van der Waals surface area contributed by atoms with E-state index in [9.17, 15) is 9.90 Å². The van der Waals surface area contributed by atoms with Crippen molar-refractivity contribution in [3.05, 3.63) is 40.1 Å². The van der Waals surface area contributed by atoms with E-state index in [4.69, 9.17) is 9.72 Å². The van der Waals surface area contributed by atoms with Crippen LogP contribution in [0.4, 0.5) is 5.95 Å². The van der Waals surface area contributed by atoms with Crippen molar-refractivity contribution in [2.45, 2.75) is 44.8 Å². The molecule has 8 nitrogen and oxygen atoms in total. The number of allylic oxidation sites excluding steroid dienone is 1. The van der Waals surface area contributed by atoms with Gasteiger partial charge in [0, 0.05) is 43.3 Å². The molecule has 5 aliphatic carbocycles. The number of nitrogens with one attached hydrogen (secondary N) is 1. The Kier molecular flexibility index (Phi) is 3.31. The fraction of sp³-hybridized carbons (Fsp3) is 0.640. The Morgan fingerprint density at radius 1 is 1.30 bits per heavy atom. The quantitative estimate of drug-likeness (QED) is 0.747. The van der Waals surface area contributed by atoms with Gasteiger partial charge in [-0.25, -0.2) is 9.78 Å². The van der Waals surface area contributed by atoms with Crippen molar-refractivity contribution in [2.24, 2.45) is 41.5 Å². The second-order valence-corrected chi connectivity index (χ2v) is 11.4. The van der Waals surface area contributed by atoms with E-state index < -0.39 is 0 Å². The smallest absolute Gasteiger partial charge is 0.330 e. The van der Waals surface area contributed by atoms with Crippen LogP contribution >= 0.6 is 0 Å². The van der Waals surface area contributed by atoms with Crippen molar-refractivity contribution in [3.63, 3.8) is 0 Å². The number of fused-ring (bicyclic) bond motifs is 2. The molecule has 0 aromatic carbocycles. The first-order chi connectivity index (χ1) is 16.0. The van der Waals surface area contributed by atoms with Gasteiger partial charge in [-0.1, -0.05) is 12.2 Å². The summed E-state index contributed by atoms with van der Waals surface area (Å²) >= 11 is 0. The third kappa shape index (κ3) is 1.90. The highest BCUT2D eigenvalue weighted by molar-refractivity contribution is 5.73. The molecule has 1 aliphatic heterocycles. The highest BCUT2D eigenvalue weighted by atomic mass is 16.5. The van der Waals surface area contributed by atoms with Crippen molar-refractivity contribution in [2.75, 3.05) is 18.5 Å². The minimum atomic E-state index is -0.000485. The van der Waals surface area contributed by atoms with Crippen LogP contribution in [-0.2, 0) is 11.8 Å². The first-order valence-corrected chi connectivity index (χ1v) is 12.3. The van der Waals surface area contributed by atoms with Gasteiger partial charge < -0.3 is 15.2 Å². The molecule has 8 atom stereocenters. The molecular weight excluding hydrogens is 418 g/mol. The van der Waals surface area contributed by atoms with Gasteiger partial charge in [-0.15, -0.1) is 0 Å². The first-order valence-electron chi connectivity index (χ1n) is 12.3. The van der Waals surface area contributed by atoms with Gasteiger partial charge in [0.25, 0.3) is 0 Å². The molecule has 0 radical (unpaired) electrons. The molecule has 1 saturated heterocycles. The summed E-state index contributed by atoms with van der Waals surface area (Å²) in [6, 6.07) is 0.201. The molecule has 4 saturated carbocycles. The van der Waals surface area contributed by atoms with Gasteiger partial charge in [-0.2, -0.15) is 4.98 Å². The predicted molar refractivity (Wildman–Crippen MR) is 121 cm³/mol. The number of hydrogen-bond donors (Lipinski definition) is 2. The lowest BCUT2D eigenvalue weighted by Crippen LogP contribution is -2.89. The third-order valence-electron chi connectivity index (χ3n) is 10.5. The van der Waals surface area contributed by atoms with E-state index in [0.29, 0.717) is 35.7 Å². The SMILES string of the molecule is CC1=CC2OCCC2C=C1Nc1ncc2c(n1)n(C1C3CC4C[C@]5(CO)CC1C435)c(=O)n2C.